The summed E-state index contributed by atoms with van der Waals surface area (Å²) in [6.45, 7) is 4.09. The number of hydrogen-bond donors (Lipinski definition) is 0. The lowest BCUT2D eigenvalue weighted by Gasteiger charge is -2.02. The standard InChI is InChI=1S/C11H12ClFN4/c1-6(2)11-15-8(5-17(11)3)10-14-4-7(13)9(12)16-10/h4-6H,1-3H3. The second-order valence-electron chi connectivity index (χ2n) is 4.08. The Kier molecular flexibility index (Phi) is 3.11. The molecular weight excluding hydrogens is 243 g/mol. The van der Waals surface area contributed by atoms with Crippen LogP contribution in [0.3, 0.4) is 0 Å². The van der Waals surface area contributed by atoms with Crippen LogP contribution in [0.15, 0.2) is 12.4 Å². The van der Waals surface area contributed by atoms with Crippen LogP contribution < -0.4 is 0 Å². The number of halogens is 2. The summed E-state index contributed by atoms with van der Waals surface area (Å²) in [6, 6.07) is 0. The zero-order valence-electron chi connectivity index (χ0n) is 9.78. The van der Waals surface area contributed by atoms with Crippen molar-refractivity contribution in [2.75, 3.05) is 0 Å². The maximum atomic E-state index is 12.9. The zero-order valence-corrected chi connectivity index (χ0v) is 10.5. The van der Waals surface area contributed by atoms with E-state index in [1.807, 2.05) is 25.5 Å². The first-order valence-electron chi connectivity index (χ1n) is 5.20. The molecule has 0 aliphatic heterocycles. The van der Waals surface area contributed by atoms with Gasteiger partial charge in [-0.1, -0.05) is 25.4 Å². The third kappa shape index (κ3) is 2.29. The van der Waals surface area contributed by atoms with Gasteiger partial charge in [0.15, 0.2) is 16.8 Å². The van der Waals surface area contributed by atoms with E-state index in [1.54, 1.807) is 6.20 Å². The first-order valence-corrected chi connectivity index (χ1v) is 5.58. The molecule has 2 heterocycles. The van der Waals surface area contributed by atoms with Crippen molar-refractivity contribution in [3.63, 3.8) is 0 Å². The molecule has 2 rings (SSSR count). The minimum atomic E-state index is -0.629. The molecule has 0 unspecified atom stereocenters. The smallest absolute Gasteiger partial charge is 0.181 e. The molecule has 0 aliphatic rings. The molecule has 0 saturated carbocycles. The molecule has 0 N–H and O–H groups in total. The van der Waals surface area contributed by atoms with Crippen LogP contribution in [0, 0.1) is 5.82 Å². The number of nitrogens with zero attached hydrogens (tertiary/aromatic N) is 4. The SMILES string of the molecule is CC(C)c1nc(-c2ncc(F)c(Cl)n2)cn1C. The number of aryl methyl sites for hydroxylation is 1. The Morgan fingerprint density at radius 1 is 1.35 bits per heavy atom. The predicted octanol–water partition coefficient (Wildman–Crippen LogP) is 2.79. The highest BCUT2D eigenvalue weighted by molar-refractivity contribution is 6.29. The Bertz CT molecular complexity index is 550. The molecule has 0 bridgehead atoms. The van der Waals surface area contributed by atoms with Gasteiger partial charge in [-0.15, -0.1) is 0 Å². The topological polar surface area (TPSA) is 43.6 Å². The normalized spacial score (nSPS) is 11.2. The third-order valence-corrected chi connectivity index (χ3v) is 2.62. The van der Waals surface area contributed by atoms with Crippen LogP contribution in [-0.4, -0.2) is 19.5 Å². The largest absolute Gasteiger partial charge is 0.337 e. The lowest BCUT2D eigenvalue weighted by Crippen LogP contribution is -1.98. The van der Waals surface area contributed by atoms with Gasteiger partial charge in [0.2, 0.25) is 0 Å². The molecule has 0 spiro atoms. The highest BCUT2D eigenvalue weighted by atomic mass is 35.5. The minimum Gasteiger partial charge on any atom is -0.337 e. The Hall–Kier alpha value is -1.49. The van der Waals surface area contributed by atoms with Crippen molar-refractivity contribution in [3.05, 3.63) is 29.2 Å². The van der Waals surface area contributed by atoms with Crippen molar-refractivity contribution >= 4 is 11.6 Å². The molecule has 90 valence electrons. The van der Waals surface area contributed by atoms with E-state index in [1.165, 1.54) is 0 Å². The van der Waals surface area contributed by atoms with E-state index in [2.05, 4.69) is 15.0 Å². The van der Waals surface area contributed by atoms with E-state index in [0.29, 0.717) is 17.4 Å². The Labute approximate surface area is 103 Å². The first kappa shape index (κ1) is 12.0. The highest BCUT2D eigenvalue weighted by Gasteiger charge is 2.13. The van der Waals surface area contributed by atoms with Crippen molar-refractivity contribution in [1.29, 1.82) is 0 Å². The van der Waals surface area contributed by atoms with Gasteiger partial charge in [-0.3, -0.25) is 0 Å². The molecule has 0 aliphatic carbocycles. The summed E-state index contributed by atoms with van der Waals surface area (Å²) in [4.78, 5) is 12.1. The summed E-state index contributed by atoms with van der Waals surface area (Å²) < 4.78 is 14.8. The fourth-order valence-electron chi connectivity index (χ4n) is 1.59. The number of hydrogen-bond acceptors (Lipinski definition) is 3. The lowest BCUT2D eigenvalue weighted by molar-refractivity contribution is 0.614. The molecule has 0 fully saturated rings. The molecule has 0 atom stereocenters. The van der Waals surface area contributed by atoms with E-state index >= 15 is 0 Å². The molecule has 0 amide bonds. The molecular formula is C11H12ClFN4. The van der Waals surface area contributed by atoms with Crippen LogP contribution in [-0.2, 0) is 7.05 Å². The Morgan fingerprint density at radius 3 is 2.59 bits per heavy atom. The molecule has 0 saturated heterocycles. The van der Waals surface area contributed by atoms with Gasteiger partial charge in [0, 0.05) is 19.2 Å². The van der Waals surface area contributed by atoms with E-state index in [0.717, 1.165) is 12.0 Å². The average Bonchev–Trinajstić information content (AvgIpc) is 2.64. The fourth-order valence-corrected chi connectivity index (χ4v) is 1.72. The molecule has 4 nitrogen and oxygen atoms in total. The van der Waals surface area contributed by atoms with E-state index in [9.17, 15) is 4.39 Å². The average molecular weight is 255 g/mol. The third-order valence-electron chi connectivity index (χ3n) is 2.36. The second-order valence-corrected chi connectivity index (χ2v) is 4.44. The fraction of sp³-hybridized carbons (Fsp3) is 0.364. The van der Waals surface area contributed by atoms with Crippen LogP contribution >= 0.6 is 11.6 Å². The first-order chi connectivity index (χ1) is 7.99. The van der Waals surface area contributed by atoms with Crippen molar-refractivity contribution in [2.24, 2.45) is 7.05 Å². The van der Waals surface area contributed by atoms with E-state index < -0.39 is 5.82 Å². The van der Waals surface area contributed by atoms with Gasteiger partial charge in [-0.25, -0.2) is 19.3 Å². The number of rotatable bonds is 2. The van der Waals surface area contributed by atoms with Gasteiger partial charge in [0.25, 0.3) is 0 Å². The second kappa shape index (κ2) is 4.41. The molecule has 2 aromatic rings. The highest BCUT2D eigenvalue weighted by Crippen LogP contribution is 2.20. The Balaban J connectivity index is 2.46. The summed E-state index contributed by atoms with van der Waals surface area (Å²) in [5.41, 5.74) is 0.595. The minimum absolute atomic E-state index is 0.188. The van der Waals surface area contributed by atoms with Gasteiger partial charge in [0.05, 0.1) is 6.20 Å². The predicted molar refractivity (Wildman–Crippen MR) is 63.3 cm³/mol. The van der Waals surface area contributed by atoms with Gasteiger partial charge in [-0.2, -0.15) is 0 Å². The summed E-state index contributed by atoms with van der Waals surface area (Å²) in [7, 11) is 1.90. The van der Waals surface area contributed by atoms with Crippen molar-refractivity contribution in [3.8, 4) is 11.5 Å². The summed E-state index contributed by atoms with van der Waals surface area (Å²) in [5.74, 6) is 0.919. The molecule has 17 heavy (non-hydrogen) atoms. The van der Waals surface area contributed by atoms with Crippen LogP contribution in [0.4, 0.5) is 4.39 Å². The lowest BCUT2D eigenvalue weighted by atomic mass is 10.2. The van der Waals surface area contributed by atoms with Crippen LogP contribution in [0.2, 0.25) is 5.15 Å². The van der Waals surface area contributed by atoms with Crippen molar-refractivity contribution < 1.29 is 4.39 Å². The summed E-state index contributed by atoms with van der Waals surface area (Å²) in [5, 5.41) is -0.188. The van der Waals surface area contributed by atoms with E-state index in [4.69, 9.17) is 11.6 Å². The monoisotopic (exact) mass is 254 g/mol. The molecule has 2 aromatic heterocycles. The van der Waals surface area contributed by atoms with Crippen molar-refractivity contribution in [2.45, 2.75) is 19.8 Å². The number of imidazole rings is 1. The number of aromatic nitrogens is 4. The summed E-state index contributed by atoms with van der Waals surface area (Å²) >= 11 is 5.61. The Morgan fingerprint density at radius 2 is 2.06 bits per heavy atom. The van der Waals surface area contributed by atoms with Gasteiger partial charge >= 0.3 is 0 Å². The van der Waals surface area contributed by atoms with Crippen LogP contribution in [0.25, 0.3) is 11.5 Å². The van der Waals surface area contributed by atoms with Crippen LogP contribution in [0.5, 0.6) is 0 Å². The molecule has 0 aromatic carbocycles. The van der Waals surface area contributed by atoms with Crippen molar-refractivity contribution in [1.82, 2.24) is 19.5 Å². The molecule has 0 radical (unpaired) electrons. The van der Waals surface area contributed by atoms with Crippen LogP contribution in [0.1, 0.15) is 25.6 Å². The maximum Gasteiger partial charge on any atom is 0.181 e. The van der Waals surface area contributed by atoms with Gasteiger partial charge in [0.1, 0.15) is 11.5 Å². The van der Waals surface area contributed by atoms with Gasteiger partial charge < -0.3 is 4.57 Å². The maximum absolute atomic E-state index is 12.9. The summed E-state index contributed by atoms with van der Waals surface area (Å²) in [6.07, 6.45) is 2.85. The molecule has 6 heteroatoms. The van der Waals surface area contributed by atoms with Gasteiger partial charge in [-0.05, 0) is 0 Å². The van der Waals surface area contributed by atoms with E-state index in [-0.39, 0.29) is 5.15 Å². The quantitative estimate of drug-likeness (QED) is 0.774. The zero-order chi connectivity index (χ0) is 12.6.